The van der Waals surface area contributed by atoms with Crippen molar-refractivity contribution in [2.45, 2.75) is 26.7 Å². The maximum atomic E-state index is 13.1. The van der Waals surface area contributed by atoms with E-state index in [1.165, 1.54) is 0 Å². The first-order valence-electron chi connectivity index (χ1n) is 12.5. The van der Waals surface area contributed by atoms with Gasteiger partial charge in [-0.2, -0.15) is 4.98 Å². The van der Waals surface area contributed by atoms with Crippen molar-refractivity contribution in [1.29, 1.82) is 0 Å². The Hall–Kier alpha value is -3.39. The van der Waals surface area contributed by atoms with E-state index in [-0.39, 0.29) is 17.7 Å². The standard InChI is InChI=1S/C27H33N5O3/c1-19-6-5-8-22(20(19)2)28-25(33)18-30-14-16-31(17-15-30)26(34)21-10-12-32(13-11-21)27-29-23-7-3-4-9-24(23)35-27/h3-9,21H,10-18H2,1-2H3,(H,28,33). The second-order valence-electron chi connectivity index (χ2n) is 9.62. The lowest BCUT2D eigenvalue weighted by Gasteiger charge is -2.38. The fourth-order valence-electron chi connectivity index (χ4n) is 4.98. The van der Waals surface area contributed by atoms with Crippen molar-refractivity contribution in [3.05, 3.63) is 53.6 Å². The summed E-state index contributed by atoms with van der Waals surface area (Å²) >= 11 is 0. The SMILES string of the molecule is Cc1cccc(NC(=O)CN2CCN(C(=O)C3CCN(c4nc5ccccc5o4)CC3)CC2)c1C. The molecule has 1 N–H and O–H groups in total. The van der Waals surface area contributed by atoms with Gasteiger partial charge in [0, 0.05) is 50.9 Å². The number of benzene rings is 2. The number of fused-ring (bicyclic) bond motifs is 1. The zero-order valence-corrected chi connectivity index (χ0v) is 20.5. The summed E-state index contributed by atoms with van der Waals surface area (Å²) in [7, 11) is 0. The van der Waals surface area contributed by atoms with Crippen molar-refractivity contribution in [3.63, 3.8) is 0 Å². The lowest BCUT2D eigenvalue weighted by atomic mass is 9.95. The lowest BCUT2D eigenvalue weighted by molar-refractivity contribution is -0.138. The number of para-hydroxylation sites is 2. The van der Waals surface area contributed by atoms with Crippen LogP contribution in [0.2, 0.25) is 0 Å². The maximum absolute atomic E-state index is 13.1. The van der Waals surface area contributed by atoms with Crippen LogP contribution >= 0.6 is 0 Å². The summed E-state index contributed by atoms with van der Waals surface area (Å²) in [6.45, 7) is 8.71. The van der Waals surface area contributed by atoms with Gasteiger partial charge in [0.2, 0.25) is 11.8 Å². The summed E-state index contributed by atoms with van der Waals surface area (Å²) in [4.78, 5) is 36.5. The number of anilines is 2. The molecule has 2 aliphatic heterocycles. The Balaban J connectivity index is 1.07. The number of aromatic nitrogens is 1. The van der Waals surface area contributed by atoms with E-state index in [1.54, 1.807) is 0 Å². The van der Waals surface area contributed by atoms with Crippen LogP contribution in [-0.4, -0.2) is 72.4 Å². The van der Waals surface area contributed by atoms with E-state index in [1.807, 2.05) is 61.2 Å². The molecule has 2 amide bonds. The van der Waals surface area contributed by atoms with Crippen molar-refractivity contribution < 1.29 is 14.0 Å². The first-order chi connectivity index (χ1) is 17.0. The van der Waals surface area contributed by atoms with Gasteiger partial charge in [0.15, 0.2) is 5.58 Å². The average Bonchev–Trinajstić information content (AvgIpc) is 3.31. The number of hydrogen-bond donors (Lipinski definition) is 1. The van der Waals surface area contributed by atoms with Crippen molar-refractivity contribution in [2.75, 3.05) is 56.0 Å². The number of nitrogens with zero attached hydrogens (tertiary/aromatic N) is 4. The number of aryl methyl sites for hydroxylation is 1. The van der Waals surface area contributed by atoms with E-state index < -0.39 is 0 Å². The summed E-state index contributed by atoms with van der Waals surface area (Å²) in [5.74, 6) is 0.265. The lowest BCUT2D eigenvalue weighted by Crippen LogP contribution is -2.52. The molecule has 8 nitrogen and oxygen atoms in total. The summed E-state index contributed by atoms with van der Waals surface area (Å²) in [5.41, 5.74) is 4.78. The van der Waals surface area contributed by atoms with E-state index in [4.69, 9.17) is 4.42 Å². The zero-order valence-electron chi connectivity index (χ0n) is 20.5. The Kier molecular flexibility index (Phi) is 6.72. The number of hydrogen-bond acceptors (Lipinski definition) is 6. The molecule has 1 aromatic heterocycles. The fourth-order valence-corrected chi connectivity index (χ4v) is 4.98. The van der Waals surface area contributed by atoms with Gasteiger partial charge < -0.3 is 19.5 Å². The summed E-state index contributed by atoms with van der Waals surface area (Å²) in [5, 5.41) is 3.03. The Bertz CT molecular complexity index is 1170. The number of rotatable bonds is 5. The molecule has 0 saturated carbocycles. The summed E-state index contributed by atoms with van der Waals surface area (Å²) in [6.07, 6.45) is 1.60. The molecule has 0 unspecified atom stereocenters. The molecule has 0 atom stereocenters. The minimum absolute atomic E-state index is 0.00922. The van der Waals surface area contributed by atoms with Crippen LogP contribution in [-0.2, 0) is 9.59 Å². The highest BCUT2D eigenvalue weighted by atomic mass is 16.4. The van der Waals surface area contributed by atoms with E-state index in [0.717, 1.165) is 53.8 Å². The van der Waals surface area contributed by atoms with Gasteiger partial charge >= 0.3 is 0 Å². The Morgan fingerprint density at radius 2 is 1.71 bits per heavy atom. The number of nitrogens with one attached hydrogen (secondary N) is 1. The predicted octanol–water partition coefficient (Wildman–Crippen LogP) is 3.44. The van der Waals surface area contributed by atoms with Crippen LogP contribution in [0.25, 0.3) is 11.1 Å². The first-order valence-corrected chi connectivity index (χ1v) is 12.5. The molecule has 0 aliphatic carbocycles. The van der Waals surface area contributed by atoms with E-state index >= 15 is 0 Å². The smallest absolute Gasteiger partial charge is 0.298 e. The number of carbonyl (C=O) groups is 2. The predicted molar refractivity (Wildman–Crippen MR) is 137 cm³/mol. The van der Waals surface area contributed by atoms with Gasteiger partial charge in [-0.15, -0.1) is 0 Å². The monoisotopic (exact) mass is 475 g/mol. The number of piperidine rings is 1. The second-order valence-corrected chi connectivity index (χ2v) is 9.62. The molecule has 2 fully saturated rings. The van der Waals surface area contributed by atoms with Crippen LogP contribution in [0.1, 0.15) is 24.0 Å². The van der Waals surface area contributed by atoms with Crippen molar-refractivity contribution in [2.24, 2.45) is 5.92 Å². The fraction of sp³-hybridized carbons (Fsp3) is 0.444. The van der Waals surface area contributed by atoms with Gasteiger partial charge in [-0.05, 0) is 56.0 Å². The summed E-state index contributed by atoms with van der Waals surface area (Å²) < 4.78 is 5.89. The van der Waals surface area contributed by atoms with Crippen molar-refractivity contribution in [3.8, 4) is 0 Å². The molecule has 8 heteroatoms. The van der Waals surface area contributed by atoms with Crippen LogP contribution in [0, 0.1) is 19.8 Å². The molecule has 3 heterocycles. The van der Waals surface area contributed by atoms with Crippen LogP contribution < -0.4 is 10.2 Å². The quantitative estimate of drug-likeness (QED) is 0.609. The maximum Gasteiger partial charge on any atom is 0.298 e. The molecule has 5 rings (SSSR count). The van der Waals surface area contributed by atoms with Gasteiger partial charge in [0.25, 0.3) is 6.01 Å². The normalized spacial score (nSPS) is 17.7. The number of piperazine rings is 1. The summed E-state index contributed by atoms with van der Waals surface area (Å²) in [6, 6.07) is 14.4. The highest BCUT2D eigenvalue weighted by molar-refractivity contribution is 5.93. The molecule has 0 spiro atoms. The van der Waals surface area contributed by atoms with E-state index in [9.17, 15) is 9.59 Å². The van der Waals surface area contributed by atoms with Gasteiger partial charge in [0.1, 0.15) is 5.52 Å². The molecule has 3 aromatic rings. The van der Waals surface area contributed by atoms with Gasteiger partial charge in [0.05, 0.1) is 6.54 Å². The Morgan fingerprint density at radius 3 is 2.46 bits per heavy atom. The molecule has 2 aromatic carbocycles. The molecule has 0 bridgehead atoms. The van der Waals surface area contributed by atoms with Crippen molar-refractivity contribution >= 4 is 34.6 Å². The molecule has 0 radical (unpaired) electrons. The third kappa shape index (κ3) is 5.17. The molecular formula is C27H33N5O3. The Morgan fingerprint density at radius 1 is 0.971 bits per heavy atom. The highest BCUT2D eigenvalue weighted by Gasteiger charge is 2.32. The molecule has 35 heavy (non-hydrogen) atoms. The van der Waals surface area contributed by atoms with Crippen LogP contribution in [0.3, 0.4) is 0 Å². The van der Waals surface area contributed by atoms with Crippen LogP contribution in [0.15, 0.2) is 46.9 Å². The number of carbonyl (C=O) groups excluding carboxylic acids is 2. The molecule has 2 aliphatic rings. The minimum atomic E-state index is -0.00922. The van der Waals surface area contributed by atoms with E-state index in [2.05, 4.69) is 20.1 Å². The highest BCUT2D eigenvalue weighted by Crippen LogP contribution is 2.27. The number of amides is 2. The van der Waals surface area contributed by atoms with Gasteiger partial charge in [-0.1, -0.05) is 24.3 Å². The first kappa shape index (κ1) is 23.4. The largest absolute Gasteiger partial charge is 0.423 e. The van der Waals surface area contributed by atoms with Gasteiger partial charge in [-0.25, -0.2) is 0 Å². The average molecular weight is 476 g/mol. The molecule has 2 saturated heterocycles. The zero-order chi connectivity index (χ0) is 24.4. The molecule has 184 valence electrons. The topological polar surface area (TPSA) is 81.9 Å². The van der Waals surface area contributed by atoms with E-state index in [0.29, 0.717) is 38.7 Å². The molecular weight excluding hydrogens is 442 g/mol. The second kappa shape index (κ2) is 10.1. The van der Waals surface area contributed by atoms with Crippen LogP contribution in [0.5, 0.6) is 0 Å². The Labute approximate surface area is 205 Å². The third-order valence-electron chi connectivity index (χ3n) is 7.33. The minimum Gasteiger partial charge on any atom is -0.423 e. The van der Waals surface area contributed by atoms with Gasteiger partial charge in [-0.3, -0.25) is 14.5 Å². The van der Waals surface area contributed by atoms with Crippen molar-refractivity contribution in [1.82, 2.24) is 14.8 Å². The van der Waals surface area contributed by atoms with Crippen LogP contribution in [0.4, 0.5) is 11.7 Å². The number of oxazole rings is 1. The third-order valence-corrected chi connectivity index (χ3v) is 7.33.